The van der Waals surface area contributed by atoms with Gasteiger partial charge in [-0.3, -0.25) is 0 Å². The number of hydrogen-bond donors (Lipinski definition) is 1. The van der Waals surface area contributed by atoms with E-state index in [2.05, 4.69) is 16.3 Å². The highest BCUT2D eigenvalue weighted by atomic mass is 16.6. The maximum Gasteiger partial charge on any atom is 0.429 e. The van der Waals surface area contributed by atoms with Gasteiger partial charge in [-0.05, 0) is 12.5 Å². The Morgan fingerprint density at radius 1 is 1.90 bits per heavy atom. The average molecular weight is 141 g/mol. The van der Waals surface area contributed by atoms with Crippen LogP contribution in [-0.4, -0.2) is 11.7 Å². The van der Waals surface area contributed by atoms with E-state index in [1.165, 1.54) is 0 Å². The quantitative estimate of drug-likeness (QED) is 0.370. The molecule has 0 aromatic heterocycles. The number of aliphatic hydroxyl groups is 1. The lowest BCUT2D eigenvalue weighted by molar-refractivity contribution is 0.108. The van der Waals surface area contributed by atoms with Gasteiger partial charge in [-0.15, -0.1) is 0 Å². The summed E-state index contributed by atoms with van der Waals surface area (Å²) in [5.74, 6) is -0.425. The minimum Gasteiger partial charge on any atom is -0.476 e. The van der Waals surface area contributed by atoms with Crippen molar-refractivity contribution >= 4 is 0 Å². The fourth-order valence-electron chi connectivity index (χ4n) is 0.284. The van der Waals surface area contributed by atoms with E-state index >= 15 is 0 Å². The third-order valence-corrected chi connectivity index (χ3v) is 0.635. The van der Waals surface area contributed by atoms with Crippen LogP contribution >= 0.6 is 0 Å². The Morgan fingerprint density at radius 3 is 2.90 bits per heavy atom. The molecular formula is C6H9N2O2+. The fourth-order valence-corrected chi connectivity index (χ4v) is 0.284. The molecule has 0 bridgehead atoms. The number of ether oxygens (including phenoxy) is 1. The number of nitrogens with zero attached hydrogens (tertiary/aromatic N) is 2. The van der Waals surface area contributed by atoms with Gasteiger partial charge in [0.15, 0.2) is 4.98 Å². The molecule has 0 atom stereocenters. The smallest absolute Gasteiger partial charge is 0.429 e. The third kappa shape index (κ3) is 4.65. The molecular weight excluding hydrogens is 132 g/mol. The highest BCUT2D eigenvalue weighted by Crippen LogP contribution is 1.95. The van der Waals surface area contributed by atoms with Gasteiger partial charge in [0.2, 0.25) is 5.39 Å². The van der Waals surface area contributed by atoms with Crippen molar-refractivity contribution in [1.82, 2.24) is 0 Å². The van der Waals surface area contributed by atoms with Gasteiger partial charge >= 0.3 is 12.1 Å². The van der Waals surface area contributed by atoms with Gasteiger partial charge in [0.25, 0.3) is 0 Å². The van der Waals surface area contributed by atoms with E-state index < -0.39 is 5.95 Å². The Morgan fingerprint density at radius 2 is 2.50 bits per heavy atom. The molecule has 0 saturated heterocycles. The molecule has 4 nitrogen and oxygen atoms in total. The second-order valence-electron chi connectivity index (χ2n) is 1.83. The first-order chi connectivity index (χ1) is 4.66. The molecule has 0 heterocycles. The fraction of sp³-hybridized carbons (Fsp3) is 0.333. The lowest BCUT2D eigenvalue weighted by Gasteiger charge is -1.98. The van der Waals surface area contributed by atoms with Gasteiger partial charge in [-0.25, -0.2) is 0 Å². The summed E-state index contributed by atoms with van der Waals surface area (Å²) in [6, 6.07) is 0. The summed E-state index contributed by atoms with van der Waals surface area (Å²) < 4.78 is 4.61. The van der Waals surface area contributed by atoms with E-state index in [1.54, 1.807) is 6.92 Å². The highest BCUT2D eigenvalue weighted by molar-refractivity contribution is 4.92. The number of aliphatic hydroxyl groups excluding tert-OH is 1. The minimum absolute atomic E-state index is 0.220. The topological polar surface area (TPSA) is 57.6 Å². The van der Waals surface area contributed by atoms with Crippen LogP contribution in [0, 0.1) is 5.39 Å². The molecule has 0 aliphatic carbocycles. The monoisotopic (exact) mass is 141 g/mol. The Kier molecular flexibility index (Phi) is 3.73. The molecule has 0 aliphatic heterocycles. The van der Waals surface area contributed by atoms with Crippen LogP contribution in [0.15, 0.2) is 24.3 Å². The Balaban J connectivity index is 3.62. The van der Waals surface area contributed by atoms with Crippen molar-refractivity contribution in [1.29, 1.82) is 5.39 Å². The van der Waals surface area contributed by atoms with Crippen LogP contribution in [0.25, 0.3) is 4.98 Å². The molecule has 0 aromatic carbocycles. The van der Waals surface area contributed by atoms with Crippen molar-refractivity contribution in [2.24, 2.45) is 0 Å². The number of rotatable bonds is 3. The van der Waals surface area contributed by atoms with Crippen molar-refractivity contribution in [2.45, 2.75) is 6.92 Å². The first kappa shape index (κ1) is 8.50. The van der Waals surface area contributed by atoms with Crippen LogP contribution in [0.4, 0.5) is 0 Å². The van der Waals surface area contributed by atoms with Crippen LogP contribution in [0.3, 0.4) is 0 Å². The van der Waals surface area contributed by atoms with Crippen molar-refractivity contribution < 1.29 is 9.84 Å². The van der Waals surface area contributed by atoms with Crippen LogP contribution < -0.4 is 0 Å². The SMILES string of the molecule is C=C(C)CO/C(O)=C/[N+]#N. The number of hydrogen-bond acceptors (Lipinski definition) is 3. The normalized spacial score (nSPS) is 10.2. The summed E-state index contributed by atoms with van der Waals surface area (Å²) in [4.78, 5) is 2.55. The van der Waals surface area contributed by atoms with Gasteiger partial charge in [-0.1, -0.05) is 6.58 Å². The predicted molar refractivity (Wildman–Crippen MR) is 36.6 cm³/mol. The molecule has 0 spiro atoms. The molecule has 0 aliphatic rings. The first-order valence-corrected chi connectivity index (χ1v) is 2.67. The largest absolute Gasteiger partial charge is 0.476 e. The van der Waals surface area contributed by atoms with Gasteiger partial charge in [0.05, 0.1) is 0 Å². The average Bonchev–Trinajstić information content (AvgIpc) is 1.85. The van der Waals surface area contributed by atoms with E-state index in [9.17, 15) is 0 Å². The van der Waals surface area contributed by atoms with Crippen LogP contribution in [0.2, 0.25) is 0 Å². The van der Waals surface area contributed by atoms with Gasteiger partial charge in [0, 0.05) is 0 Å². The van der Waals surface area contributed by atoms with Crippen LogP contribution in [-0.2, 0) is 4.74 Å². The zero-order valence-corrected chi connectivity index (χ0v) is 5.74. The zero-order chi connectivity index (χ0) is 7.98. The summed E-state index contributed by atoms with van der Waals surface area (Å²) >= 11 is 0. The molecule has 0 amide bonds. The zero-order valence-electron chi connectivity index (χ0n) is 5.74. The minimum atomic E-state index is -0.425. The second-order valence-corrected chi connectivity index (χ2v) is 1.83. The summed E-state index contributed by atoms with van der Waals surface area (Å²) in [7, 11) is 0. The summed E-state index contributed by atoms with van der Waals surface area (Å²) in [5, 5.41) is 16.5. The van der Waals surface area contributed by atoms with Crippen LogP contribution in [0.5, 0.6) is 0 Å². The molecule has 54 valence electrons. The molecule has 4 heteroatoms. The van der Waals surface area contributed by atoms with Crippen molar-refractivity contribution in [3.05, 3.63) is 29.3 Å². The third-order valence-electron chi connectivity index (χ3n) is 0.635. The molecule has 0 saturated carbocycles. The molecule has 0 rings (SSSR count). The van der Waals surface area contributed by atoms with Crippen LogP contribution in [0.1, 0.15) is 6.92 Å². The van der Waals surface area contributed by atoms with E-state index in [1.807, 2.05) is 0 Å². The summed E-state index contributed by atoms with van der Waals surface area (Å²) in [5.41, 5.74) is 0.776. The van der Waals surface area contributed by atoms with E-state index in [-0.39, 0.29) is 6.61 Å². The summed E-state index contributed by atoms with van der Waals surface area (Å²) in [6.07, 6.45) is 0.795. The lowest BCUT2D eigenvalue weighted by atomic mass is 10.4. The highest BCUT2D eigenvalue weighted by Gasteiger charge is 1.98. The van der Waals surface area contributed by atoms with Gasteiger partial charge in [0.1, 0.15) is 6.61 Å². The van der Waals surface area contributed by atoms with Crippen molar-refractivity contribution in [3.8, 4) is 0 Å². The van der Waals surface area contributed by atoms with E-state index in [0.717, 1.165) is 11.8 Å². The van der Waals surface area contributed by atoms with E-state index in [4.69, 9.17) is 10.5 Å². The standard InChI is InChI=1S/C6H8N2O2/c1-5(2)4-10-6(9)3-8-7/h3H,1,4H2,2H3/p+1/b6-3+. The second kappa shape index (κ2) is 4.39. The molecule has 10 heavy (non-hydrogen) atoms. The molecule has 0 aromatic rings. The first-order valence-electron chi connectivity index (χ1n) is 2.67. The molecule has 1 N–H and O–H groups in total. The molecule has 0 radical (unpaired) electrons. The molecule has 0 fully saturated rings. The maximum atomic E-state index is 8.64. The van der Waals surface area contributed by atoms with Crippen molar-refractivity contribution in [2.75, 3.05) is 6.61 Å². The molecule has 0 unspecified atom stereocenters. The van der Waals surface area contributed by atoms with Crippen molar-refractivity contribution in [3.63, 3.8) is 0 Å². The Hall–Kier alpha value is -1.50. The lowest BCUT2D eigenvalue weighted by Crippen LogP contribution is -1.93. The van der Waals surface area contributed by atoms with Gasteiger partial charge < -0.3 is 9.84 Å². The predicted octanol–water partition coefficient (Wildman–Crippen LogP) is 1.79. The van der Waals surface area contributed by atoms with E-state index in [0.29, 0.717) is 0 Å². The van der Waals surface area contributed by atoms with Gasteiger partial charge in [-0.2, -0.15) is 0 Å². The maximum absolute atomic E-state index is 8.64. The Labute approximate surface area is 59.1 Å². The number of diazo groups is 1. The Bertz CT molecular complexity index is 190. The summed E-state index contributed by atoms with van der Waals surface area (Å²) in [6.45, 7) is 5.50.